The molecule has 1 amide bonds. The molecule has 3 heterocycles. The number of carbonyl (C=O) groups is 1. The summed E-state index contributed by atoms with van der Waals surface area (Å²) in [6.45, 7) is 4.01. The van der Waals surface area contributed by atoms with Crippen LogP contribution in [0.4, 0.5) is 6.01 Å². The summed E-state index contributed by atoms with van der Waals surface area (Å²) in [5, 5.41) is 12.3. The Morgan fingerprint density at radius 1 is 1.14 bits per heavy atom. The number of hydrogen-bond acceptors (Lipinski definition) is 6. The SMILES string of the molecule is CC(C)Nc1nnc(-c2ccc3[nH]cc(-c4cncc(C(=O)N(C)C)c4)c3c2)o1. The molecule has 0 aliphatic heterocycles. The van der Waals surface area contributed by atoms with Gasteiger partial charge in [-0.25, -0.2) is 0 Å². The highest BCUT2D eigenvalue weighted by atomic mass is 16.4. The van der Waals surface area contributed by atoms with Gasteiger partial charge in [0.05, 0.1) is 5.56 Å². The molecule has 0 atom stereocenters. The molecule has 0 saturated carbocycles. The van der Waals surface area contributed by atoms with Gasteiger partial charge < -0.3 is 19.6 Å². The maximum Gasteiger partial charge on any atom is 0.315 e. The molecule has 8 heteroatoms. The van der Waals surface area contributed by atoms with E-state index in [1.54, 1.807) is 26.5 Å². The third-order valence-corrected chi connectivity index (χ3v) is 4.47. The van der Waals surface area contributed by atoms with Gasteiger partial charge in [-0.2, -0.15) is 0 Å². The zero-order chi connectivity index (χ0) is 20.5. The number of rotatable bonds is 5. The minimum absolute atomic E-state index is 0.0871. The second-order valence-corrected chi connectivity index (χ2v) is 7.34. The van der Waals surface area contributed by atoms with Crippen LogP contribution in [0.3, 0.4) is 0 Å². The maximum atomic E-state index is 12.3. The van der Waals surface area contributed by atoms with Crippen molar-refractivity contribution in [3.63, 3.8) is 0 Å². The van der Waals surface area contributed by atoms with Gasteiger partial charge in [0.25, 0.3) is 5.91 Å². The van der Waals surface area contributed by atoms with E-state index in [4.69, 9.17) is 4.42 Å². The molecule has 8 nitrogen and oxygen atoms in total. The number of anilines is 1. The summed E-state index contributed by atoms with van der Waals surface area (Å²) >= 11 is 0. The van der Waals surface area contributed by atoms with Crippen molar-refractivity contribution in [2.24, 2.45) is 0 Å². The zero-order valence-corrected chi connectivity index (χ0v) is 16.7. The van der Waals surface area contributed by atoms with Crippen molar-refractivity contribution in [1.29, 1.82) is 0 Å². The lowest BCUT2D eigenvalue weighted by Crippen LogP contribution is -2.21. The zero-order valence-electron chi connectivity index (χ0n) is 16.7. The lowest BCUT2D eigenvalue weighted by molar-refractivity contribution is 0.0827. The Kier molecular flexibility index (Phi) is 4.75. The van der Waals surface area contributed by atoms with Crippen molar-refractivity contribution >= 4 is 22.8 Å². The number of carbonyl (C=O) groups excluding carboxylic acids is 1. The highest BCUT2D eigenvalue weighted by Gasteiger charge is 2.15. The van der Waals surface area contributed by atoms with E-state index in [1.165, 1.54) is 4.90 Å². The Labute approximate surface area is 168 Å². The Morgan fingerprint density at radius 2 is 1.97 bits per heavy atom. The van der Waals surface area contributed by atoms with Crippen LogP contribution < -0.4 is 5.32 Å². The molecule has 29 heavy (non-hydrogen) atoms. The molecule has 4 rings (SSSR count). The Morgan fingerprint density at radius 3 is 2.72 bits per heavy atom. The van der Waals surface area contributed by atoms with Crippen molar-refractivity contribution in [2.75, 3.05) is 19.4 Å². The Hall–Kier alpha value is -3.68. The van der Waals surface area contributed by atoms with Gasteiger partial charge in [0.1, 0.15) is 0 Å². The van der Waals surface area contributed by atoms with Gasteiger partial charge in [0.2, 0.25) is 5.89 Å². The second-order valence-electron chi connectivity index (χ2n) is 7.34. The number of H-pyrrole nitrogens is 1. The first-order chi connectivity index (χ1) is 13.9. The summed E-state index contributed by atoms with van der Waals surface area (Å²) in [4.78, 5) is 21.3. The quantitative estimate of drug-likeness (QED) is 0.538. The number of fused-ring (bicyclic) bond motifs is 1. The topological polar surface area (TPSA) is 99.9 Å². The molecule has 0 aliphatic carbocycles. The van der Waals surface area contributed by atoms with Crippen LogP contribution in [0.2, 0.25) is 0 Å². The molecule has 1 aromatic carbocycles. The summed E-state index contributed by atoms with van der Waals surface area (Å²) in [7, 11) is 3.44. The first-order valence-corrected chi connectivity index (χ1v) is 9.31. The summed E-state index contributed by atoms with van der Waals surface area (Å²) in [6.07, 6.45) is 5.24. The van der Waals surface area contributed by atoms with E-state index in [1.807, 2.05) is 44.3 Å². The summed E-state index contributed by atoms with van der Waals surface area (Å²) in [5.74, 6) is 0.354. The van der Waals surface area contributed by atoms with Crippen molar-refractivity contribution in [3.05, 3.63) is 48.4 Å². The van der Waals surface area contributed by atoms with Crippen molar-refractivity contribution in [1.82, 2.24) is 25.1 Å². The van der Waals surface area contributed by atoms with Crippen LogP contribution in [-0.4, -0.2) is 51.1 Å². The van der Waals surface area contributed by atoms with E-state index < -0.39 is 0 Å². The molecule has 4 aromatic rings. The number of amides is 1. The molecule has 0 saturated heterocycles. The van der Waals surface area contributed by atoms with E-state index in [2.05, 4.69) is 25.5 Å². The third kappa shape index (κ3) is 3.69. The number of nitrogens with one attached hydrogen (secondary N) is 2. The van der Waals surface area contributed by atoms with E-state index in [0.29, 0.717) is 17.5 Å². The minimum atomic E-state index is -0.0871. The molecule has 2 N–H and O–H groups in total. The van der Waals surface area contributed by atoms with Gasteiger partial charge >= 0.3 is 6.01 Å². The first-order valence-electron chi connectivity index (χ1n) is 9.31. The Balaban J connectivity index is 1.74. The third-order valence-electron chi connectivity index (χ3n) is 4.47. The molecule has 0 fully saturated rings. The molecule has 0 bridgehead atoms. The summed E-state index contributed by atoms with van der Waals surface area (Å²) in [6, 6.07) is 8.33. The van der Waals surface area contributed by atoms with Crippen LogP contribution in [0, 0.1) is 0 Å². The standard InChI is InChI=1S/C21H22N6O2/c1-12(2)24-21-26-25-19(29-21)13-5-6-18-16(8-13)17(11-23-18)14-7-15(10-22-9-14)20(28)27(3)4/h5-12,23H,1-4H3,(H,24,26). The number of aromatic nitrogens is 4. The predicted octanol–water partition coefficient (Wildman–Crippen LogP) is 3.80. The molecule has 0 spiro atoms. The number of hydrogen-bond donors (Lipinski definition) is 2. The monoisotopic (exact) mass is 390 g/mol. The van der Waals surface area contributed by atoms with Gasteiger partial charge in [0.15, 0.2) is 0 Å². The van der Waals surface area contributed by atoms with Crippen LogP contribution in [-0.2, 0) is 0 Å². The molecule has 0 radical (unpaired) electrons. The fourth-order valence-corrected chi connectivity index (χ4v) is 3.10. The van der Waals surface area contributed by atoms with Gasteiger partial charge in [0, 0.05) is 66.3 Å². The largest absolute Gasteiger partial charge is 0.403 e. The molecule has 3 aromatic heterocycles. The normalized spacial score (nSPS) is 11.2. The van der Waals surface area contributed by atoms with Crippen LogP contribution >= 0.6 is 0 Å². The second kappa shape index (κ2) is 7.38. The fraction of sp³-hybridized carbons (Fsp3) is 0.238. The van der Waals surface area contributed by atoms with Crippen molar-refractivity contribution < 1.29 is 9.21 Å². The van der Waals surface area contributed by atoms with Crippen molar-refractivity contribution in [3.8, 4) is 22.6 Å². The lowest BCUT2D eigenvalue weighted by Gasteiger charge is -2.10. The molecule has 0 unspecified atom stereocenters. The molecule has 0 aliphatic rings. The maximum absolute atomic E-state index is 12.3. The predicted molar refractivity (Wildman–Crippen MR) is 112 cm³/mol. The molecule has 148 valence electrons. The lowest BCUT2D eigenvalue weighted by atomic mass is 10.0. The number of aromatic amines is 1. The van der Waals surface area contributed by atoms with Gasteiger partial charge in [-0.05, 0) is 38.1 Å². The van der Waals surface area contributed by atoms with Crippen LogP contribution in [0.15, 0.2) is 47.3 Å². The van der Waals surface area contributed by atoms with E-state index in [9.17, 15) is 4.79 Å². The average Bonchev–Trinajstić information content (AvgIpc) is 3.33. The smallest absolute Gasteiger partial charge is 0.315 e. The Bertz CT molecular complexity index is 1170. The van der Waals surface area contributed by atoms with Crippen LogP contribution in [0.25, 0.3) is 33.5 Å². The van der Waals surface area contributed by atoms with Crippen LogP contribution in [0.1, 0.15) is 24.2 Å². The number of benzene rings is 1. The van der Waals surface area contributed by atoms with Crippen LogP contribution in [0.5, 0.6) is 0 Å². The van der Waals surface area contributed by atoms with E-state index in [-0.39, 0.29) is 11.9 Å². The first kappa shape index (κ1) is 18.7. The molecular weight excluding hydrogens is 368 g/mol. The van der Waals surface area contributed by atoms with E-state index >= 15 is 0 Å². The van der Waals surface area contributed by atoms with E-state index in [0.717, 1.165) is 27.6 Å². The average molecular weight is 390 g/mol. The summed E-state index contributed by atoms with van der Waals surface area (Å²) < 4.78 is 5.72. The van der Waals surface area contributed by atoms with Gasteiger partial charge in [-0.15, -0.1) is 5.10 Å². The van der Waals surface area contributed by atoms with Gasteiger partial charge in [-0.1, -0.05) is 5.10 Å². The van der Waals surface area contributed by atoms with Gasteiger partial charge in [-0.3, -0.25) is 9.78 Å². The van der Waals surface area contributed by atoms with Crippen molar-refractivity contribution in [2.45, 2.75) is 19.9 Å². The number of pyridine rings is 1. The summed E-state index contributed by atoms with van der Waals surface area (Å²) in [5.41, 5.74) is 4.13. The fourth-order valence-electron chi connectivity index (χ4n) is 3.10. The number of nitrogens with zero attached hydrogens (tertiary/aromatic N) is 4. The molecular formula is C21H22N6O2. The highest BCUT2D eigenvalue weighted by Crippen LogP contribution is 2.32. The highest BCUT2D eigenvalue weighted by molar-refractivity contribution is 5.99. The minimum Gasteiger partial charge on any atom is -0.403 e.